The van der Waals surface area contributed by atoms with Crippen LogP contribution < -0.4 is 0 Å². The van der Waals surface area contributed by atoms with E-state index >= 15 is 0 Å². The molecule has 2 atom stereocenters. The Morgan fingerprint density at radius 1 is 1.23 bits per heavy atom. The highest BCUT2D eigenvalue weighted by Crippen LogP contribution is 2.60. The van der Waals surface area contributed by atoms with E-state index in [0.717, 1.165) is 0 Å². The number of rotatable bonds is 0. The first-order valence-electron chi connectivity index (χ1n) is 4.94. The minimum absolute atomic E-state index is 0.0157. The third-order valence-corrected chi connectivity index (χ3v) is 3.80. The molecule has 1 heterocycles. The minimum Gasteiger partial charge on any atom is -0.358 e. The van der Waals surface area contributed by atoms with Gasteiger partial charge in [-0.2, -0.15) is 0 Å². The molecule has 1 aromatic carbocycles. The fourth-order valence-electron chi connectivity index (χ4n) is 2.63. The smallest absolute Gasteiger partial charge is 0.120 e. The lowest BCUT2D eigenvalue weighted by atomic mass is 9.77. The Labute approximate surface area is 78.7 Å². The van der Waals surface area contributed by atoms with E-state index in [-0.39, 0.29) is 11.2 Å². The third kappa shape index (κ3) is 0.761. The van der Waals surface area contributed by atoms with Gasteiger partial charge in [0.15, 0.2) is 0 Å². The number of hydrogen-bond donors (Lipinski definition) is 0. The minimum atomic E-state index is 0.0157. The van der Waals surface area contributed by atoms with Gasteiger partial charge in [0.2, 0.25) is 0 Å². The lowest BCUT2D eigenvalue weighted by molar-refractivity contribution is 0.278. The summed E-state index contributed by atoms with van der Waals surface area (Å²) in [6.07, 6.45) is 2.34. The van der Waals surface area contributed by atoms with Crippen molar-refractivity contribution in [2.75, 3.05) is 0 Å². The summed E-state index contributed by atoms with van der Waals surface area (Å²) in [5.41, 5.74) is 3.02. The number of hydrogen-bond acceptors (Lipinski definition) is 1. The van der Waals surface area contributed by atoms with Gasteiger partial charge in [-0.1, -0.05) is 24.3 Å². The predicted octanol–water partition coefficient (Wildman–Crippen LogP) is 2.64. The quantitative estimate of drug-likeness (QED) is 0.551. The van der Waals surface area contributed by atoms with Gasteiger partial charge in [0.25, 0.3) is 0 Å². The van der Waals surface area contributed by atoms with Crippen LogP contribution in [-0.4, -0.2) is 5.60 Å². The topological polar surface area (TPSA) is 12.5 Å². The second-order valence-electron chi connectivity index (χ2n) is 4.52. The highest BCUT2D eigenvalue weighted by molar-refractivity contribution is 5.42. The molecule has 1 saturated heterocycles. The molecule has 68 valence electrons. The number of epoxide rings is 1. The predicted molar refractivity (Wildman–Crippen MR) is 51.6 cm³/mol. The summed E-state index contributed by atoms with van der Waals surface area (Å²) in [5.74, 6) is 0. The van der Waals surface area contributed by atoms with E-state index in [4.69, 9.17) is 4.74 Å². The van der Waals surface area contributed by atoms with Crippen LogP contribution in [0.1, 0.15) is 31.4 Å². The zero-order valence-corrected chi connectivity index (χ0v) is 8.13. The van der Waals surface area contributed by atoms with E-state index in [9.17, 15) is 0 Å². The van der Waals surface area contributed by atoms with E-state index < -0.39 is 0 Å². The molecular formula is C12H14O. The summed E-state index contributed by atoms with van der Waals surface area (Å²) in [4.78, 5) is 0. The van der Waals surface area contributed by atoms with Crippen LogP contribution in [0.4, 0.5) is 0 Å². The fourth-order valence-corrected chi connectivity index (χ4v) is 2.63. The van der Waals surface area contributed by atoms with Gasteiger partial charge in [-0.15, -0.1) is 0 Å². The standard InChI is InChI=1S/C12H14O/c1-11-8-7-9-5-3-4-6-10(9)12(11,2)13-11/h3-6H,7-8H2,1-2H3. The first-order chi connectivity index (χ1) is 6.16. The molecular weight excluding hydrogens is 160 g/mol. The lowest BCUT2D eigenvalue weighted by Crippen LogP contribution is -2.24. The van der Waals surface area contributed by atoms with E-state index in [1.807, 2.05) is 0 Å². The molecule has 1 heteroatoms. The second-order valence-corrected chi connectivity index (χ2v) is 4.52. The van der Waals surface area contributed by atoms with Crippen molar-refractivity contribution in [3.8, 4) is 0 Å². The zero-order chi connectivity index (χ0) is 9.10. The van der Waals surface area contributed by atoms with Gasteiger partial charge in [0.1, 0.15) is 5.60 Å². The van der Waals surface area contributed by atoms with Gasteiger partial charge < -0.3 is 4.74 Å². The summed E-state index contributed by atoms with van der Waals surface area (Å²) < 4.78 is 5.88. The summed E-state index contributed by atoms with van der Waals surface area (Å²) in [7, 11) is 0. The van der Waals surface area contributed by atoms with Gasteiger partial charge in [0.05, 0.1) is 5.60 Å². The Morgan fingerprint density at radius 2 is 2.00 bits per heavy atom. The largest absolute Gasteiger partial charge is 0.358 e. The van der Waals surface area contributed by atoms with Crippen molar-refractivity contribution in [1.82, 2.24) is 0 Å². The molecule has 1 nitrogen and oxygen atoms in total. The van der Waals surface area contributed by atoms with Crippen molar-refractivity contribution in [2.45, 2.75) is 37.9 Å². The molecule has 2 aliphatic rings. The lowest BCUT2D eigenvalue weighted by Gasteiger charge is -2.22. The van der Waals surface area contributed by atoms with Crippen molar-refractivity contribution < 1.29 is 4.74 Å². The van der Waals surface area contributed by atoms with E-state index in [2.05, 4.69) is 38.1 Å². The molecule has 0 bridgehead atoms. The van der Waals surface area contributed by atoms with Gasteiger partial charge in [-0.05, 0) is 37.8 Å². The van der Waals surface area contributed by atoms with Crippen LogP contribution in [0.2, 0.25) is 0 Å². The van der Waals surface area contributed by atoms with Crippen LogP contribution >= 0.6 is 0 Å². The monoisotopic (exact) mass is 174 g/mol. The molecule has 1 fully saturated rings. The van der Waals surface area contributed by atoms with Crippen molar-refractivity contribution >= 4 is 0 Å². The Morgan fingerprint density at radius 3 is 2.85 bits per heavy atom. The molecule has 0 amide bonds. The average molecular weight is 174 g/mol. The first kappa shape index (κ1) is 7.57. The molecule has 1 aromatic rings. The normalized spacial score (nSPS) is 40.8. The third-order valence-electron chi connectivity index (χ3n) is 3.80. The van der Waals surface area contributed by atoms with Crippen LogP contribution in [0.25, 0.3) is 0 Å². The SMILES string of the molecule is CC12CCc3ccccc3C1(C)O2. The van der Waals surface area contributed by atoms with E-state index in [1.165, 1.54) is 24.0 Å². The number of fused-ring (bicyclic) bond motifs is 3. The Bertz CT molecular complexity index is 367. The molecule has 2 unspecified atom stereocenters. The van der Waals surface area contributed by atoms with Crippen LogP contribution in [-0.2, 0) is 16.8 Å². The van der Waals surface area contributed by atoms with Crippen LogP contribution in [0, 0.1) is 0 Å². The van der Waals surface area contributed by atoms with Gasteiger partial charge in [-0.25, -0.2) is 0 Å². The molecule has 1 aliphatic heterocycles. The fraction of sp³-hybridized carbons (Fsp3) is 0.500. The summed E-state index contributed by atoms with van der Waals surface area (Å²) in [6.45, 7) is 4.44. The molecule has 0 aromatic heterocycles. The maximum absolute atomic E-state index is 5.88. The van der Waals surface area contributed by atoms with Crippen molar-refractivity contribution in [3.63, 3.8) is 0 Å². The highest BCUT2D eigenvalue weighted by atomic mass is 16.6. The molecule has 3 rings (SSSR count). The van der Waals surface area contributed by atoms with Gasteiger partial charge in [-0.3, -0.25) is 0 Å². The van der Waals surface area contributed by atoms with Crippen molar-refractivity contribution in [2.24, 2.45) is 0 Å². The van der Waals surface area contributed by atoms with Crippen molar-refractivity contribution in [1.29, 1.82) is 0 Å². The molecule has 0 N–H and O–H groups in total. The molecule has 0 radical (unpaired) electrons. The molecule has 0 spiro atoms. The van der Waals surface area contributed by atoms with Crippen LogP contribution in [0.3, 0.4) is 0 Å². The maximum atomic E-state index is 5.88. The zero-order valence-electron chi connectivity index (χ0n) is 8.13. The number of benzene rings is 1. The average Bonchev–Trinajstić information content (AvgIpc) is 2.71. The number of ether oxygens (including phenoxy) is 1. The maximum Gasteiger partial charge on any atom is 0.120 e. The van der Waals surface area contributed by atoms with Gasteiger partial charge in [0, 0.05) is 0 Å². The first-order valence-corrected chi connectivity index (χ1v) is 4.94. The highest BCUT2D eigenvalue weighted by Gasteiger charge is 2.66. The molecule has 1 aliphatic carbocycles. The molecule has 13 heavy (non-hydrogen) atoms. The summed E-state index contributed by atoms with van der Waals surface area (Å²) in [6, 6.07) is 8.66. The van der Waals surface area contributed by atoms with Crippen LogP contribution in [0.15, 0.2) is 24.3 Å². The van der Waals surface area contributed by atoms with Gasteiger partial charge >= 0.3 is 0 Å². The van der Waals surface area contributed by atoms with Crippen LogP contribution in [0.5, 0.6) is 0 Å². The second kappa shape index (κ2) is 1.98. The van der Waals surface area contributed by atoms with Crippen molar-refractivity contribution in [3.05, 3.63) is 35.4 Å². The Kier molecular flexibility index (Phi) is 1.15. The van der Waals surface area contributed by atoms with E-state index in [1.54, 1.807) is 0 Å². The number of aryl methyl sites for hydroxylation is 1. The van der Waals surface area contributed by atoms with E-state index in [0.29, 0.717) is 0 Å². The summed E-state index contributed by atoms with van der Waals surface area (Å²) >= 11 is 0. The Hall–Kier alpha value is -0.820. The Balaban J connectivity index is 2.19. The molecule has 0 saturated carbocycles. The summed E-state index contributed by atoms with van der Waals surface area (Å²) in [5, 5.41) is 0.